The molecule has 13 heteroatoms. The highest BCUT2D eigenvalue weighted by Gasteiger charge is 2.34. The van der Waals surface area contributed by atoms with Crippen molar-refractivity contribution in [1.82, 2.24) is 19.8 Å². The third-order valence-electron chi connectivity index (χ3n) is 6.46. The van der Waals surface area contributed by atoms with Crippen molar-refractivity contribution >= 4 is 49.9 Å². The fourth-order valence-electron chi connectivity index (χ4n) is 4.04. The highest BCUT2D eigenvalue weighted by molar-refractivity contribution is 14.1. The lowest BCUT2D eigenvalue weighted by Gasteiger charge is -2.23. The first-order valence-corrected chi connectivity index (χ1v) is 15.5. The molecule has 0 unspecified atom stereocenters. The molecule has 1 amide bonds. The minimum atomic E-state index is -4.74. The van der Waals surface area contributed by atoms with E-state index in [0.29, 0.717) is 23.0 Å². The molecule has 0 bridgehead atoms. The van der Waals surface area contributed by atoms with Crippen LogP contribution in [0.3, 0.4) is 0 Å². The number of sulfonamides is 1. The van der Waals surface area contributed by atoms with Crippen LogP contribution in [0.25, 0.3) is 0 Å². The number of aromatic nitrogens is 2. The van der Waals surface area contributed by atoms with E-state index in [1.165, 1.54) is 12.4 Å². The minimum Gasteiger partial charge on any atom is -0.352 e. The number of pyridine rings is 2. The van der Waals surface area contributed by atoms with Gasteiger partial charge in [-0.05, 0) is 95.9 Å². The van der Waals surface area contributed by atoms with Gasteiger partial charge in [-0.2, -0.15) is 4.31 Å². The second kappa shape index (κ2) is 13.2. The molecule has 9 nitrogen and oxygen atoms in total. The van der Waals surface area contributed by atoms with Crippen LogP contribution in [0.5, 0.6) is 0 Å². The average Bonchev–Trinajstić information content (AvgIpc) is 3.82. The number of rotatable bonds is 12. The van der Waals surface area contributed by atoms with Crippen molar-refractivity contribution in [1.29, 1.82) is 0 Å². The van der Waals surface area contributed by atoms with Crippen LogP contribution in [0.1, 0.15) is 34.6 Å². The van der Waals surface area contributed by atoms with Crippen LogP contribution < -0.4 is 10.8 Å². The summed E-state index contributed by atoms with van der Waals surface area (Å²) in [4.78, 5) is 25.9. The molecule has 1 aliphatic rings. The molecule has 0 saturated heterocycles. The van der Waals surface area contributed by atoms with E-state index in [2.05, 4.69) is 43.4 Å². The zero-order valence-corrected chi connectivity index (χ0v) is 25.1. The maximum absolute atomic E-state index is 15.8. The lowest BCUT2D eigenvalue weighted by atomic mass is 10.1. The van der Waals surface area contributed by atoms with Crippen LogP contribution in [0.15, 0.2) is 84.0 Å². The van der Waals surface area contributed by atoms with Crippen LogP contribution in [0.4, 0.5) is 20.2 Å². The summed E-state index contributed by atoms with van der Waals surface area (Å²) in [5.41, 5.74) is 2.39. The summed E-state index contributed by atoms with van der Waals surface area (Å²) in [5, 5.41) is 2.73. The molecule has 2 N–H and O–H groups in total. The fourth-order valence-corrected chi connectivity index (χ4v) is 5.87. The predicted molar refractivity (Wildman–Crippen MR) is 160 cm³/mol. The van der Waals surface area contributed by atoms with Gasteiger partial charge in [0.05, 0.1) is 42.3 Å². The number of carbonyl (C=O) groups excluding carboxylic acids is 1. The summed E-state index contributed by atoms with van der Waals surface area (Å²) in [6, 6.07) is 17.5. The first-order chi connectivity index (χ1) is 20.2. The molecule has 0 aliphatic heterocycles. The van der Waals surface area contributed by atoms with Crippen LogP contribution in [-0.4, -0.2) is 35.2 Å². The van der Waals surface area contributed by atoms with Gasteiger partial charge < -0.3 is 5.32 Å². The molecule has 2 heterocycles. The second-order valence-corrected chi connectivity index (χ2v) is 12.8. The zero-order chi connectivity index (χ0) is 29.7. The maximum Gasteiger partial charge on any atom is 0.277 e. The molecule has 1 fully saturated rings. The van der Waals surface area contributed by atoms with Crippen molar-refractivity contribution in [2.45, 2.75) is 30.8 Å². The number of hydroxylamine groups is 1. The Balaban J connectivity index is 1.57. The number of hydrogen-bond donors (Lipinski definition) is 2. The average molecular weight is 706 g/mol. The largest absolute Gasteiger partial charge is 0.352 e. The van der Waals surface area contributed by atoms with Crippen molar-refractivity contribution in [3.05, 3.63) is 111 Å². The first kappa shape index (κ1) is 29.9. The van der Waals surface area contributed by atoms with Gasteiger partial charge in [0, 0.05) is 21.7 Å². The van der Waals surface area contributed by atoms with Gasteiger partial charge in [-0.15, -0.1) is 0 Å². The fraction of sp³-hybridized carbons (Fsp3) is 0.207. The molecule has 42 heavy (non-hydrogen) atoms. The highest BCUT2D eigenvalue weighted by atomic mass is 127. The van der Waals surface area contributed by atoms with Crippen LogP contribution >= 0.6 is 22.6 Å². The van der Waals surface area contributed by atoms with Gasteiger partial charge in [0.1, 0.15) is 4.90 Å². The van der Waals surface area contributed by atoms with E-state index in [-0.39, 0.29) is 19.7 Å². The summed E-state index contributed by atoms with van der Waals surface area (Å²) in [6.45, 7) is -0.257. The molecule has 0 spiro atoms. The lowest BCUT2D eigenvalue weighted by molar-refractivity contribution is 0.0270. The molecule has 218 valence electrons. The summed E-state index contributed by atoms with van der Waals surface area (Å²) in [5.74, 6) is -3.79. The standard InChI is InChI=1S/C29H26F2IN5O4S/c30-26-25(42(39,40)37(16-22-5-1-3-13-33-22)17-23-6-2-4-14-34-23)15-24(29(38)36-41-18-19-7-8-19)28(27(26)31)35-21-11-9-20(32)10-12-21/h1-6,9-15,19,35H,7-8,16-18H2,(H,36,38). The molecule has 5 rings (SSSR count). The Kier molecular flexibility index (Phi) is 9.40. The molecule has 0 radical (unpaired) electrons. The Morgan fingerprint density at radius 2 is 1.57 bits per heavy atom. The molecule has 2 aromatic heterocycles. The minimum absolute atomic E-state index is 0.252. The number of carbonyl (C=O) groups is 1. The molecule has 1 saturated carbocycles. The number of nitrogens with one attached hydrogen (secondary N) is 2. The van der Waals surface area contributed by atoms with Gasteiger partial charge in [0.2, 0.25) is 10.0 Å². The molecular formula is C29H26F2IN5O4S. The number of nitrogens with zero attached hydrogens (tertiary/aromatic N) is 3. The third-order valence-corrected chi connectivity index (χ3v) is 8.97. The highest BCUT2D eigenvalue weighted by Crippen LogP contribution is 2.34. The summed E-state index contributed by atoms with van der Waals surface area (Å²) < 4.78 is 61.4. The second-order valence-electron chi connectivity index (χ2n) is 9.66. The SMILES string of the molecule is O=C(NOCC1CC1)c1cc(S(=O)(=O)N(Cc2ccccn2)Cc2ccccn2)c(F)c(F)c1Nc1ccc(I)cc1. The Hall–Kier alpha value is -3.53. The normalized spacial score (nSPS) is 13.2. The molecular weight excluding hydrogens is 679 g/mol. The van der Waals surface area contributed by atoms with Gasteiger partial charge in [-0.25, -0.2) is 22.7 Å². The smallest absolute Gasteiger partial charge is 0.277 e. The monoisotopic (exact) mass is 705 g/mol. The van der Waals surface area contributed by atoms with Crippen molar-refractivity contribution in [2.24, 2.45) is 5.92 Å². The quantitative estimate of drug-likeness (QED) is 0.147. The van der Waals surface area contributed by atoms with E-state index in [9.17, 15) is 13.2 Å². The van der Waals surface area contributed by atoms with Crippen molar-refractivity contribution < 1.29 is 26.8 Å². The summed E-state index contributed by atoms with van der Waals surface area (Å²) in [6.07, 6.45) is 4.92. The number of amides is 1. The number of halogens is 3. The van der Waals surface area contributed by atoms with E-state index in [1.54, 1.807) is 60.7 Å². The number of anilines is 2. The van der Waals surface area contributed by atoms with Crippen LogP contribution in [0.2, 0.25) is 0 Å². The summed E-state index contributed by atoms with van der Waals surface area (Å²) >= 11 is 2.09. The van der Waals surface area contributed by atoms with Crippen LogP contribution in [-0.2, 0) is 28.0 Å². The maximum atomic E-state index is 15.8. The first-order valence-electron chi connectivity index (χ1n) is 13.0. The number of benzene rings is 2. The van der Waals surface area contributed by atoms with Gasteiger partial charge in [-0.1, -0.05) is 12.1 Å². The lowest BCUT2D eigenvalue weighted by Crippen LogP contribution is -2.32. The van der Waals surface area contributed by atoms with E-state index in [1.807, 2.05) is 0 Å². The Labute approximate surface area is 255 Å². The third kappa shape index (κ3) is 7.27. The molecule has 1 aliphatic carbocycles. The zero-order valence-electron chi connectivity index (χ0n) is 22.1. The summed E-state index contributed by atoms with van der Waals surface area (Å²) in [7, 11) is -4.74. The van der Waals surface area contributed by atoms with E-state index < -0.39 is 43.7 Å². The topological polar surface area (TPSA) is 114 Å². The van der Waals surface area contributed by atoms with E-state index in [0.717, 1.165) is 26.8 Å². The van der Waals surface area contributed by atoms with Crippen molar-refractivity contribution in [3.63, 3.8) is 0 Å². The predicted octanol–water partition coefficient (Wildman–Crippen LogP) is 5.57. The molecule has 4 aromatic rings. The van der Waals surface area contributed by atoms with Crippen LogP contribution in [0, 0.1) is 21.1 Å². The molecule has 2 aromatic carbocycles. The van der Waals surface area contributed by atoms with E-state index >= 15 is 8.78 Å². The Morgan fingerprint density at radius 1 is 0.952 bits per heavy atom. The van der Waals surface area contributed by atoms with Gasteiger partial charge in [-0.3, -0.25) is 19.6 Å². The van der Waals surface area contributed by atoms with Crippen molar-refractivity contribution in [3.8, 4) is 0 Å². The Morgan fingerprint density at radius 3 is 2.12 bits per heavy atom. The van der Waals surface area contributed by atoms with Crippen molar-refractivity contribution in [2.75, 3.05) is 11.9 Å². The van der Waals surface area contributed by atoms with Gasteiger partial charge in [0.15, 0.2) is 11.6 Å². The molecule has 0 atom stereocenters. The Bertz CT molecular complexity index is 1620. The number of hydrogen-bond acceptors (Lipinski definition) is 7. The van der Waals surface area contributed by atoms with Gasteiger partial charge >= 0.3 is 0 Å². The van der Waals surface area contributed by atoms with E-state index in [4.69, 9.17) is 4.84 Å². The van der Waals surface area contributed by atoms with Gasteiger partial charge in [0.25, 0.3) is 5.91 Å².